The van der Waals surface area contributed by atoms with Crippen molar-refractivity contribution >= 4 is 11.7 Å². The lowest BCUT2D eigenvalue weighted by Gasteiger charge is -2.35. The molecule has 0 saturated carbocycles. The van der Waals surface area contributed by atoms with Crippen LogP contribution in [0.1, 0.15) is 5.56 Å². The van der Waals surface area contributed by atoms with Crippen LogP contribution in [0.4, 0.5) is 5.82 Å². The molecule has 5 rings (SSSR count). The first-order valence-corrected chi connectivity index (χ1v) is 12.5. The van der Waals surface area contributed by atoms with Gasteiger partial charge in [-0.05, 0) is 41.8 Å². The van der Waals surface area contributed by atoms with Crippen molar-refractivity contribution in [3.63, 3.8) is 0 Å². The summed E-state index contributed by atoms with van der Waals surface area (Å²) in [6.07, 6.45) is 0.924. The van der Waals surface area contributed by atoms with E-state index in [4.69, 9.17) is 0 Å². The molecule has 1 aromatic heterocycles. The summed E-state index contributed by atoms with van der Waals surface area (Å²) in [5.41, 5.74) is 5.56. The van der Waals surface area contributed by atoms with E-state index in [1.165, 1.54) is 16.7 Å². The Labute approximate surface area is 212 Å². The van der Waals surface area contributed by atoms with Gasteiger partial charge < -0.3 is 15.1 Å². The number of hydrogen-bond acceptors (Lipinski definition) is 5. The zero-order chi connectivity index (χ0) is 24.6. The lowest BCUT2D eigenvalue weighted by Crippen LogP contribution is -2.51. The summed E-state index contributed by atoms with van der Waals surface area (Å²) >= 11 is 0. The van der Waals surface area contributed by atoms with Gasteiger partial charge in [0.25, 0.3) is 0 Å². The van der Waals surface area contributed by atoms with Gasteiger partial charge in [-0.3, -0.25) is 4.79 Å². The van der Waals surface area contributed by atoms with Crippen LogP contribution in [0.3, 0.4) is 0 Å². The number of anilines is 1. The van der Waals surface area contributed by atoms with Crippen LogP contribution in [0.5, 0.6) is 0 Å². The predicted molar refractivity (Wildman–Crippen MR) is 145 cm³/mol. The maximum Gasteiger partial charge on any atom is 0.236 e. The Morgan fingerprint density at radius 3 is 2.00 bits per heavy atom. The molecular formula is C30H31N5O. The number of nitrogens with one attached hydrogen (secondary N) is 1. The fourth-order valence-corrected chi connectivity index (χ4v) is 4.48. The summed E-state index contributed by atoms with van der Waals surface area (Å²) in [6.45, 7) is 4.09. The Hall–Kier alpha value is -4.03. The van der Waals surface area contributed by atoms with Crippen LogP contribution in [0.2, 0.25) is 0 Å². The molecule has 3 aromatic carbocycles. The standard InChI is InChI=1S/C30H31N5O/c36-30(23-31-18-17-24-7-3-1-4-8-24)35-21-19-34(20-22-35)29-16-15-28(32-33-29)27-13-11-26(12-14-27)25-9-5-2-6-10-25/h1-16,31H,17-23H2. The molecule has 0 radical (unpaired) electrons. The van der Waals surface area contributed by atoms with Gasteiger partial charge in [0, 0.05) is 31.7 Å². The van der Waals surface area contributed by atoms with E-state index in [1.807, 2.05) is 53.4 Å². The highest BCUT2D eigenvalue weighted by molar-refractivity contribution is 5.78. The van der Waals surface area contributed by atoms with Crippen LogP contribution in [0.25, 0.3) is 22.4 Å². The molecule has 1 aliphatic heterocycles. The fraction of sp³-hybridized carbons (Fsp3) is 0.233. The van der Waals surface area contributed by atoms with Gasteiger partial charge in [0.15, 0.2) is 5.82 Å². The number of carbonyl (C=O) groups is 1. The van der Waals surface area contributed by atoms with Crippen LogP contribution >= 0.6 is 0 Å². The van der Waals surface area contributed by atoms with E-state index in [0.717, 1.165) is 43.1 Å². The summed E-state index contributed by atoms with van der Waals surface area (Å²) in [5.74, 6) is 1.01. The van der Waals surface area contributed by atoms with Crippen molar-refractivity contribution in [3.05, 3.63) is 103 Å². The van der Waals surface area contributed by atoms with Crippen LogP contribution in [0, 0.1) is 0 Å². The van der Waals surface area contributed by atoms with Gasteiger partial charge in [-0.15, -0.1) is 10.2 Å². The van der Waals surface area contributed by atoms with E-state index in [-0.39, 0.29) is 5.91 Å². The second kappa shape index (κ2) is 11.6. The number of carbonyl (C=O) groups excluding carboxylic acids is 1. The molecule has 0 bridgehead atoms. The first-order chi connectivity index (χ1) is 17.8. The molecule has 1 fully saturated rings. The first kappa shape index (κ1) is 23.7. The van der Waals surface area contributed by atoms with Gasteiger partial charge in [0.05, 0.1) is 12.2 Å². The zero-order valence-corrected chi connectivity index (χ0v) is 20.4. The van der Waals surface area contributed by atoms with Crippen molar-refractivity contribution in [1.82, 2.24) is 20.4 Å². The average molecular weight is 478 g/mol. The molecule has 6 heteroatoms. The average Bonchev–Trinajstić information content (AvgIpc) is 2.96. The highest BCUT2D eigenvalue weighted by Gasteiger charge is 2.21. The van der Waals surface area contributed by atoms with Crippen molar-refractivity contribution < 1.29 is 4.79 Å². The monoisotopic (exact) mass is 477 g/mol. The van der Waals surface area contributed by atoms with Gasteiger partial charge in [-0.2, -0.15) is 0 Å². The van der Waals surface area contributed by atoms with Crippen LogP contribution < -0.4 is 10.2 Å². The summed E-state index contributed by atoms with van der Waals surface area (Å²) in [6, 6.07) is 33.1. The predicted octanol–water partition coefficient (Wildman–Crippen LogP) is 4.29. The highest BCUT2D eigenvalue weighted by Crippen LogP contribution is 2.24. The molecule has 4 aromatic rings. The smallest absolute Gasteiger partial charge is 0.236 e. The number of rotatable bonds is 8. The number of amides is 1. The lowest BCUT2D eigenvalue weighted by molar-refractivity contribution is -0.130. The van der Waals surface area contributed by atoms with E-state index in [9.17, 15) is 4.79 Å². The van der Waals surface area contributed by atoms with Gasteiger partial charge in [0.1, 0.15) is 0 Å². The van der Waals surface area contributed by atoms with Gasteiger partial charge in [-0.25, -0.2) is 0 Å². The Bertz CT molecular complexity index is 1240. The molecule has 0 atom stereocenters. The molecule has 1 amide bonds. The SMILES string of the molecule is O=C(CNCCc1ccccc1)N1CCN(c2ccc(-c3ccc(-c4ccccc4)cc3)nn2)CC1. The van der Waals surface area contributed by atoms with E-state index < -0.39 is 0 Å². The topological polar surface area (TPSA) is 61.4 Å². The van der Waals surface area contributed by atoms with Crippen LogP contribution in [0.15, 0.2) is 97.1 Å². The Balaban J connectivity index is 1.09. The highest BCUT2D eigenvalue weighted by atomic mass is 16.2. The van der Waals surface area contributed by atoms with Crippen molar-refractivity contribution in [1.29, 1.82) is 0 Å². The Kier molecular flexibility index (Phi) is 7.64. The van der Waals surface area contributed by atoms with Crippen molar-refractivity contribution in [2.45, 2.75) is 6.42 Å². The summed E-state index contributed by atoms with van der Waals surface area (Å²) in [5, 5.41) is 12.2. The number of aromatic nitrogens is 2. The molecule has 36 heavy (non-hydrogen) atoms. The second-order valence-electron chi connectivity index (χ2n) is 9.00. The summed E-state index contributed by atoms with van der Waals surface area (Å²) < 4.78 is 0. The molecule has 1 saturated heterocycles. The summed E-state index contributed by atoms with van der Waals surface area (Å²) in [4.78, 5) is 16.7. The van der Waals surface area contributed by atoms with Gasteiger partial charge >= 0.3 is 0 Å². The maximum atomic E-state index is 12.6. The summed E-state index contributed by atoms with van der Waals surface area (Å²) in [7, 11) is 0. The third-order valence-corrected chi connectivity index (χ3v) is 6.60. The fourth-order valence-electron chi connectivity index (χ4n) is 4.48. The quantitative estimate of drug-likeness (QED) is 0.384. The number of hydrogen-bond donors (Lipinski definition) is 1. The molecular weight excluding hydrogens is 446 g/mol. The Morgan fingerprint density at radius 2 is 1.33 bits per heavy atom. The minimum absolute atomic E-state index is 0.156. The van der Waals surface area contributed by atoms with Gasteiger partial charge in [0.2, 0.25) is 5.91 Å². The molecule has 6 nitrogen and oxygen atoms in total. The third-order valence-electron chi connectivity index (χ3n) is 6.60. The number of nitrogens with zero attached hydrogens (tertiary/aromatic N) is 4. The van der Waals surface area contributed by atoms with E-state index in [2.05, 4.69) is 68.9 Å². The molecule has 0 unspecified atom stereocenters. The molecule has 1 aliphatic rings. The zero-order valence-electron chi connectivity index (χ0n) is 20.4. The molecule has 1 N–H and O–H groups in total. The molecule has 182 valence electrons. The van der Waals surface area contributed by atoms with E-state index in [0.29, 0.717) is 19.6 Å². The van der Waals surface area contributed by atoms with Gasteiger partial charge in [-0.1, -0.05) is 84.9 Å². The number of benzene rings is 3. The molecule has 0 spiro atoms. The Morgan fingerprint density at radius 1 is 0.694 bits per heavy atom. The largest absolute Gasteiger partial charge is 0.352 e. The lowest BCUT2D eigenvalue weighted by atomic mass is 10.0. The maximum absolute atomic E-state index is 12.6. The van der Waals surface area contributed by atoms with E-state index >= 15 is 0 Å². The molecule has 2 heterocycles. The van der Waals surface area contributed by atoms with E-state index in [1.54, 1.807) is 0 Å². The van der Waals surface area contributed by atoms with Crippen LogP contribution in [-0.2, 0) is 11.2 Å². The first-order valence-electron chi connectivity index (χ1n) is 12.5. The van der Waals surface area contributed by atoms with Crippen molar-refractivity contribution in [2.75, 3.05) is 44.2 Å². The normalized spacial score (nSPS) is 13.6. The van der Waals surface area contributed by atoms with Crippen molar-refractivity contribution in [2.24, 2.45) is 0 Å². The molecule has 0 aliphatic carbocycles. The minimum Gasteiger partial charge on any atom is -0.352 e. The second-order valence-corrected chi connectivity index (χ2v) is 9.00. The van der Waals surface area contributed by atoms with Crippen molar-refractivity contribution in [3.8, 4) is 22.4 Å². The number of piperazine rings is 1. The minimum atomic E-state index is 0.156. The third kappa shape index (κ3) is 5.96. The van der Waals surface area contributed by atoms with Crippen LogP contribution in [-0.4, -0.2) is 60.3 Å².